The standard InChI is InChI=1S/C22H22N2O2S/c1-16-11-20-18(13-22(16)26-9-8-24-7-6-23-15-24)5-4-17(21(20)14-25)12-19-3-2-10-27-19/h2-3,6-7,10-15,21H,4-5,8-9H2,1H3/b17-12+. The van der Waals surface area contributed by atoms with Gasteiger partial charge in [-0.05, 0) is 60.0 Å². The van der Waals surface area contributed by atoms with Crippen molar-refractivity contribution in [2.24, 2.45) is 0 Å². The molecule has 0 amide bonds. The Kier molecular flexibility index (Phi) is 5.21. The van der Waals surface area contributed by atoms with Gasteiger partial charge in [-0.2, -0.15) is 0 Å². The maximum atomic E-state index is 11.9. The van der Waals surface area contributed by atoms with Crippen LogP contribution in [0.2, 0.25) is 0 Å². The molecule has 0 fully saturated rings. The van der Waals surface area contributed by atoms with Crippen molar-refractivity contribution in [3.8, 4) is 5.75 Å². The maximum Gasteiger partial charge on any atom is 0.131 e. The maximum absolute atomic E-state index is 11.9. The van der Waals surface area contributed by atoms with Crippen molar-refractivity contribution in [1.82, 2.24) is 9.55 Å². The lowest BCUT2D eigenvalue weighted by Crippen LogP contribution is -2.15. The van der Waals surface area contributed by atoms with Crippen molar-refractivity contribution in [2.75, 3.05) is 6.61 Å². The molecule has 2 heterocycles. The van der Waals surface area contributed by atoms with Gasteiger partial charge in [-0.3, -0.25) is 0 Å². The van der Waals surface area contributed by atoms with Crippen LogP contribution in [0.5, 0.6) is 5.75 Å². The summed E-state index contributed by atoms with van der Waals surface area (Å²) in [7, 11) is 0. The molecular weight excluding hydrogens is 356 g/mol. The smallest absolute Gasteiger partial charge is 0.131 e. The van der Waals surface area contributed by atoms with Crippen LogP contribution in [0.25, 0.3) is 6.08 Å². The number of aromatic nitrogens is 2. The Morgan fingerprint density at radius 3 is 3.04 bits per heavy atom. The lowest BCUT2D eigenvalue weighted by atomic mass is 9.78. The third kappa shape index (κ3) is 3.88. The van der Waals surface area contributed by atoms with Crippen molar-refractivity contribution in [2.45, 2.75) is 32.2 Å². The van der Waals surface area contributed by atoms with Crippen LogP contribution in [0.3, 0.4) is 0 Å². The highest BCUT2D eigenvalue weighted by molar-refractivity contribution is 7.10. The summed E-state index contributed by atoms with van der Waals surface area (Å²) < 4.78 is 8.01. The van der Waals surface area contributed by atoms with Gasteiger partial charge in [0.15, 0.2) is 0 Å². The average molecular weight is 378 g/mol. The molecule has 1 aromatic carbocycles. The molecular formula is C22H22N2O2S. The number of benzene rings is 1. The number of hydrogen-bond acceptors (Lipinski definition) is 4. The zero-order chi connectivity index (χ0) is 18.6. The molecule has 3 aromatic rings. The summed E-state index contributed by atoms with van der Waals surface area (Å²) in [6.45, 7) is 3.41. The molecule has 0 radical (unpaired) electrons. The molecule has 0 spiro atoms. The van der Waals surface area contributed by atoms with Gasteiger partial charge in [0.1, 0.15) is 18.6 Å². The molecule has 0 aliphatic heterocycles. The van der Waals surface area contributed by atoms with E-state index in [9.17, 15) is 4.79 Å². The first-order valence-electron chi connectivity index (χ1n) is 9.16. The minimum absolute atomic E-state index is 0.158. The molecule has 0 saturated heterocycles. The highest BCUT2D eigenvalue weighted by atomic mass is 32.1. The van der Waals surface area contributed by atoms with Crippen LogP contribution in [0, 0.1) is 6.92 Å². The Morgan fingerprint density at radius 1 is 1.37 bits per heavy atom. The van der Waals surface area contributed by atoms with E-state index < -0.39 is 0 Å². The summed E-state index contributed by atoms with van der Waals surface area (Å²) in [4.78, 5) is 17.1. The van der Waals surface area contributed by atoms with Gasteiger partial charge < -0.3 is 14.1 Å². The molecule has 0 saturated carbocycles. The quantitative estimate of drug-likeness (QED) is 0.587. The number of thiophene rings is 1. The summed E-state index contributed by atoms with van der Waals surface area (Å²) in [6.07, 6.45) is 10.6. The Balaban J connectivity index is 1.54. The zero-order valence-corrected chi connectivity index (χ0v) is 16.1. The van der Waals surface area contributed by atoms with Gasteiger partial charge in [0.05, 0.1) is 18.8 Å². The molecule has 0 N–H and O–H groups in total. The normalized spacial score (nSPS) is 17.7. The van der Waals surface area contributed by atoms with Crippen molar-refractivity contribution < 1.29 is 9.53 Å². The van der Waals surface area contributed by atoms with Crippen molar-refractivity contribution in [3.05, 3.63) is 75.5 Å². The highest BCUT2D eigenvalue weighted by Gasteiger charge is 2.25. The summed E-state index contributed by atoms with van der Waals surface area (Å²) >= 11 is 1.71. The van der Waals surface area contributed by atoms with Crippen molar-refractivity contribution in [1.29, 1.82) is 0 Å². The topological polar surface area (TPSA) is 44.1 Å². The zero-order valence-electron chi connectivity index (χ0n) is 15.3. The lowest BCUT2D eigenvalue weighted by molar-refractivity contribution is -0.108. The summed E-state index contributed by atoms with van der Waals surface area (Å²) in [5.41, 5.74) is 4.62. The number of nitrogens with zero attached hydrogens (tertiary/aromatic N) is 2. The molecule has 4 nitrogen and oxygen atoms in total. The minimum atomic E-state index is -0.158. The van der Waals surface area contributed by atoms with Gasteiger partial charge in [0, 0.05) is 17.3 Å². The Labute approximate surface area is 163 Å². The third-order valence-electron chi connectivity index (χ3n) is 5.03. The predicted molar refractivity (Wildman–Crippen MR) is 108 cm³/mol. The largest absolute Gasteiger partial charge is 0.491 e. The first-order valence-corrected chi connectivity index (χ1v) is 10.0. The Bertz CT molecular complexity index is 943. The van der Waals surface area contributed by atoms with Crippen molar-refractivity contribution >= 4 is 23.7 Å². The molecule has 5 heteroatoms. The van der Waals surface area contributed by atoms with E-state index in [1.54, 1.807) is 23.9 Å². The second kappa shape index (κ2) is 7.92. The van der Waals surface area contributed by atoms with Gasteiger partial charge >= 0.3 is 0 Å². The van der Waals surface area contributed by atoms with Gasteiger partial charge in [-0.25, -0.2) is 4.98 Å². The van der Waals surface area contributed by atoms with E-state index in [0.717, 1.165) is 42.5 Å². The minimum Gasteiger partial charge on any atom is -0.491 e. The molecule has 138 valence electrons. The SMILES string of the molecule is Cc1cc2c(cc1OCCn1ccnc1)CC/C(=C\c1cccs1)C2C=O. The Morgan fingerprint density at radius 2 is 2.30 bits per heavy atom. The molecule has 27 heavy (non-hydrogen) atoms. The van der Waals surface area contributed by atoms with E-state index in [2.05, 4.69) is 34.6 Å². The first kappa shape index (κ1) is 17.7. The summed E-state index contributed by atoms with van der Waals surface area (Å²) in [6, 6.07) is 8.39. The average Bonchev–Trinajstić information content (AvgIpc) is 3.36. The monoisotopic (exact) mass is 378 g/mol. The number of carbonyl (C=O) groups is 1. The molecule has 1 unspecified atom stereocenters. The van der Waals surface area contributed by atoms with Crippen LogP contribution in [0.15, 0.2) is 53.9 Å². The second-order valence-corrected chi connectivity index (χ2v) is 7.79. The van der Waals surface area contributed by atoms with Crippen LogP contribution in [-0.2, 0) is 17.8 Å². The van der Waals surface area contributed by atoms with Gasteiger partial charge in [-0.15, -0.1) is 11.3 Å². The molecule has 0 bridgehead atoms. The van der Waals surface area contributed by atoms with Gasteiger partial charge in [0.2, 0.25) is 0 Å². The number of ether oxygens (including phenoxy) is 1. The van der Waals surface area contributed by atoms with E-state index >= 15 is 0 Å². The summed E-state index contributed by atoms with van der Waals surface area (Å²) in [5.74, 6) is 0.749. The van der Waals surface area contributed by atoms with E-state index in [0.29, 0.717) is 6.61 Å². The second-order valence-electron chi connectivity index (χ2n) is 6.81. The van der Waals surface area contributed by atoms with E-state index in [4.69, 9.17) is 4.74 Å². The fourth-order valence-electron chi connectivity index (χ4n) is 3.61. The van der Waals surface area contributed by atoms with Crippen LogP contribution in [0.1, 0.15) is 33.9 Å². The number of aldehydes is 1. The Hall–Kier alpha value is -2.66. The predicted octanol–water partition coefficient (Wildman–Crippen LogP) is 4.64. The van der Waals surface area contributed by atoms with Crippen LogP contribution in [-0.4, -0.2) is 22.4 Å². The number of aryl methyl sites for hydroxylation is 2. The number of allylic oxidation sites excluding steroid dienone is 1. The van der Waals surface area contributed by atoms with Gasteiger partial charge in [-0.1, -0.05) is 17.7 Å². The van der Waals surface area contributed by atoms with Crippen LogP contribution >= 0.6 is 11.3 Å². The van der Waals surface area contributed by atoms with Gasteiger partial charge in [0.25, 0.3) is 0 Å². The number of hydrogen-bond donors (Lipinski definition) is 0. The number of carbonyl (C=O) groups excluding carboxylic acids is 1. The van der Waals surface area contributed by atoms with E-state index in [-0.39, 0.29) is 5.92 Å². The van der Waals surface area contributed by atoms with Crippen LogP contribution in [0.4, 0.5) is 0 Å². The third-order valence-corrected chi connectivity index (χ3v) is 5.85. The first-order chi connectivity index (χ1) is 13.2. The van der Waals surface area contributed by atoms with Crippen molar-refractivity contribution in [3.63, 3.8) is 0 Å². The highest BCUT2D eigenvalue weighted by Crippen LogP contribution is 2.39. The summed E-state index contributed by atoms with van der Waals surface area (Å²) in [5, 5.41) is 2.07. The lowest BCUT2D eigenvalue weighted by Gasteiger charge is -2.26. The van der Waals surface area contributed by atoms with E-state index in [1.807, 2.05) is 23.8 Å². The molecule has 1 atom stereocenters. The fourth-order valence-corrected chi connectivity index (χ4v) is 4.30. The molecule has 2 aromatic heterocycles. The molecule has 1 aliphatic carbocycles. The number of fused-ring (bicyclic) bond motifs is 1. The van der Waals surface area contributed by atoms with E-state index in [1.165, 1.54) is 16.0 Å². The molecule has 4 rings (SSSR count). The fraction of sp³-hybridized carbons (Fsp3) is 0.273. The molecule has 1 aliphatic rings. The number of rotatable bonds is 6. The number of imidazole rings is 1. The van der Waals surface area contributed by atoms with Crippen LogP contribution < -0.4 is 4.74 Å².